The molecule has 0 saturated carbocycles. The van der Waals surface area contributed by atoms with Crippen LogP contribution in [0.15, 0.2) is 24.3 Å². The lowest BCUT2D eigenvalue weighted by atomic mass is 9.83. The van der Waals surface area contributed by atoms with Crippen molar-refractivity contribution in [3.05, 3.63) is 34.9 Å². The summed E-state index contributed by atoms with van der Waals surface area (Å²) in [6.45, 7) is 6.71. The van der Waals surface area contributed by atoms with Crippen LogP contribution in [-0.4, -0.2) is 25.5 Å². The van der Waals surface area contributed by atoms with Gasteiger partial charge in [0.25, 0.3) is 0 Å². The van der Waals surface area contributed by atoms with E-state index in [1.54, 1.807) is 0 Å². The Balaban J connectivity index is 0.00000220. The molecule has 0 bridgehead atoms. The van der Waals surface area contributed by atoms with Gasteiger partial charge in [0.2, 0.25) is 5.91 Å². The summed E-state index contributed by atoms with van der Waals surface area (Å²) in [6.07, 6.45) is 2.38. The van der Waals surface area contributed by atoms with E-state index in [2.05, 4.69) is 10.6 Å². The van der Waals surface area contributed by atoms with Crippen molar-refractivity contribution in [1.82, 2.24) is 10.6 Å². The predicted molar refractivity (Wildman–Crippen MR) is 90.3 cm³/mol. The fourth-order valence-electron chi connectivity index (χ4n) is 2.56. The normalized spacial score (nSPS) is 18.7. The van der Waals surface area contributed by atoms with Gasteiger partial charge in [0, 0.05) is 11.6 Å². The van der Waals surface area contributed by atoms with Gasteiger partial charge in [0.05, 0.1) is 5.41 Å². The summed E-state index contributed by atoms with van der Waals surface area (Å²) >= 11 is 6.01. The zero-order valence-electron chi connectivity index (χ0n) is 12.6. The molecule has 5 heteroatoms. The third-order valence-electron chi connectivity index (χ3n) is 4.06. The molecule has 1 unspecified atom stereocenters. The monoisotopic (exact) mass is 330 g/mol. The van der Waals surface area contributed by atoms with Crippen molar-refractivity contribution in [2.45, 2.75) is 32.1 Å². The second-order valence-corrected chi connectivity index (χ2v) is 6.49. The van der Waals surface area contributed by atoms with Gasteiger partial charge < -0.3 is 10.6 Å². The molecular formula is C16H24Cl2N2O. The molecule has 1 atom stereocenters. The number of carbonyl (C=O) groups excluding carboxylic acids is 1. The average Bonchev–Trinajstić information content (AvgIpc) is 2.45. The summed E-state index contributed by atoms with van der Waals surface area (Å²) in [5, 5.41) is 7.12. The maximum Gasteiger partial charge on any atom is 0.230 e. The molecule has 1 aliphatic heterocycles. The molecular weight excluding hydrogens is 307 g/mol. The first kappa shape index (κ1) is 18.3. The lowest BCUT2D eigenvalue weighted by molar-refractivity contribution is -0.125. The maximum absolute atomic E-state index is 12.4. The average molecular weight is 331 g/mol. The molecule has 2 N–H and O–H groups in total. The third kappa shape index (κ3) is 4.87. The van der Waals surface area contributed by atoms with Crippen LogP contribution in [-0.2, 0) is 10.2 Å². The van der Waals surface area contributed by atoms with Gasteiger partial charge in [-0.05, 0) is 63.4 Å². The lowest BCUT2D eigenvalue weighted by Gasteiger charge is -2.27. The van der Waals surface area contributed by atoms with Crippen LogP contribution in [0.3, 0.4) is 0 Å². The van der Waals surface area contributed by atoms with Crippen LogP contribution >= 0.6 is 24.0 Å². The quantitative estimate of drug-likeness (QED) is 0.890. The van der Waals surface area contributed by atoms with E-state index in [1.807, 2.05) is 38.1 Å². The van der Waals surface area contributed by atoms with Crippen LogP contribution in [0.4, 0.5) is 0 Å². The Kier molecular flexibility index (Phi) is 6.98. The Hall–Kier alpha value is -0.770. The Morgan fingerprint density at radius 2 is 2.24 bits per heavy atom. The molecule has 0 aliphatic carbocycles. The van der Waals surface area contributed by atoms with Gasteiger partial charge >= 0.3 is 0 Å². The number of rotatable bonds is 4. The molecule has 0 spiro atoms. The largest absolute Gasteiger partial charge is 0.355 e. The van der Waals surface area contributed by atoms with Gasteiger partial charge in [-0.15, -0.1) is 12.4 Å². The van der Waals surface area contributed by atoms with Crippen molar-refractivity contribution in [3.63, 3.8) is 0 Å². The van der Waals surface area contributed by atoms with Gasteiger partial charge in [0.15, 0.2) is 0 Å². The smallest absolute Gasteiger partial charge is 0.230 e. The van der Waals surface area contributed by atoms with Crippen LogP contribution in [0, 0.1) is 5.92 Å². The fourth-order valence-corrected chi connectivity index (χ4v) is 2.75. The summed E-state index contributed by atoms with van der Waals surface area (Å²) in [6, 6.07) is 7.53. The van der Waals surface area contributed by atoms with Gasteiger partial charge in [-0.25, -0.2) is 0 Å². The molecule has 1 fully saturated rings. The van der Waals surface area contributed by atoms with Crippen LogP contribution in [0.25, 0.3) is 0 Å². The van der Waals surface area contributed by atoms with Crippen molar-refractivity contribution >= 4 is 29.9 Å². The van der Waals surface area contributed by atoms with Gasteiger partial charge in [0.1, 0.15) is 0 Å². The Bertz CT molecular complexity index is 471. The molecule has 3 nitrogen and oxygen atoms in total. The molecule has 1 aromatic carbocycles. The minimum absolute atomic E-state index is 0. The van der Waals surface area contributed by atoms with Crippen LogP contribution < -0.4 is 10.6 Å². The number of nitrogens with one attached hydrogen (secondary N) is 2. The van der Waals surface area contributed by atoms with E-state index < -0.39 is 5.41 Å². The Morgan fingerprint density at radius 1 is 1.48 bits per heavy atom. The number of hydrogen-bond donors (Lipinski definition) is 2. The second-order valence-electron chi connectivity index (χ2n) is 6.06. The SMILES string of the molecule is CC(C)(C(=O)NCC1CCCNC1)c1cccc(Cl)c1.Cl. The van der Waals surface area contributed by atoms with Gasteiger partial charge in [-0.3, -0.25) is 4.79 Å². The minimum Gasteiger partial charge on any atom is -0.355 e. The third-order valence-corrected chi connectivity index (χ3v) is 4.30. The fraction of sp³-hybridized carbons (Fsp3) is 0.562. The van der Waals surface area contributed by atoms with Crippen molar-refractivity contribution < 1.29 is 4.79 Å². The molecule has 1 aliphatic rings. The highest BCUT2D eigenvalue weighted by atomic mass is 35.5. The topological polar surface area (TPSA) is 41.1 Å². The van der Waals surface area contributed by atoms with E-state index in [9.17, 15) is 4.79 Å². The first-order chi connectivity index (χ1) is 9.50. The number of halogens is 2. The summed E-state index contributed by atoms with van der Waals surface area (Å²) < 4.78 is 0. The highest BCUT2D eigenvalue weighted by Crippen LogP contribution is 2.26. The Labute approximate surface area is 138 Å². The Morgan fingerprint density at radius 3 is 2.86 bits per heavy atom. The number of piperidine rings is 1. The molecule has 1 aromatic rings. The van der Waals surface area contributed by atoms with Gasteiger partial charge in [-0.2, -0.15) is 0 Å². The molecule has 1 heterocycles. The van der Waals surface area contributed by atoms with Gasteiger partial charge in [-0.1, -0.05) is 23.7 Å². The van der Waals surface area contributed by atoms with Crippen molar-refractivity contribution in [3.8, 4) is 0 Å². The van der Waals surface area contributed by atoms with E-state index in [4.69, 9.17) is 11.6 Å². The van der Waals surface area contributed by atoms with E-state index in [-0.39, 0.29) is 18.3 Å². The van der Waals surface area contributed by atoms with E-state index >= 15 is 0 Å². The molecule has 1 amide bonds. The highest BCUT2D eigenvalue weighted by Gasteiger charge is 2.30. The highest BCUT2D eigenvalue weighted by molar-refractivity contribution is 6.30. The number of hydrogen-bond acceptors (Lipinski definition) is 2. The van der Waals surface area contributed by atoms with Crippen LogP contribution in [0.2, 0.25) is 5.02 Å². The summed E-state index contributed by atoms with van der Waals surface area (Å²) in [5.74, 6) is 0.605. The number of amides is 1. The molecule has 21 heavy (non-hydrogen) atoms. The first-order valence-electron chi connectivity index (χ1n) is 7.25. The molecule has 2 rings (SSSR count). The minimum atomic E-state index is -0.563. The van der Waals surface area contributed by atoms with E-state index in [0.29, 0.717) is 10.9 Å². The van der Waals surface area contributed by atoms with Crippen molar-refractivity contribution in [2.75, 3.05) is 19.6 Å². The standard InChI is InChI=1S/C16H23ClN2O.ClH/c1-16(2,13-6-3-7-14(17)9-13)15(20)19-11-12-5-4-8-18-10-12;/h3,6-7,9,12,18H,4-5,8,10-11H2,1-2H3,(H,19,20);1H. The van der Waals surface area contributed by atoms with E-state index in [1.165, 1.54) is 12.8 Å². The maximum atomic E-state index is 12.4. The zero-order chi connectivity index (χ0) is 14.6. The molecule has 1 saturated heterocycles. The van der Waals surface area contributed by atoms with Crippen LogP contribution in [0.1, 0.15) is 32.3 Å². The predicted octanol–water partition coefficient (Wildman–Crippen LogP) is 3.16. The second kappa shape index (κ2) is 8.02. The zero-order valence-corrected chi connectivity index (χ0v) is 14.2. The van der Waals surface area contributed by atoms with Crippen molar-refractivity contribution in [2.24, 2.45) is 5.92 Å². The van der Waals surface area contributed by atoms with Crippen molar-refractivity contribution in [1.29, 1.82) is 0 Å². The number of benzene rings is 1. The summed E-state index contributed by atoms with van der Waals surface area (Å²) in [7, 11) is 0. The molecule has 0 aromatic heterocycles. The lowest BCUT2D eigenvalue weighted by Crippen LogP contribution is -2.44. The summed E-state index contributed by atoms with van der Waals surface area (Å²) in [5.41, 5.74) is 0.386. The first-order valence-corrected chi connectivity index (χ1v) is 7.63. The molecule has 0 radical (unpaired) electrons. The molecule has 118 valence electrons. The summed E-state index contributed by atoms with van der Waals surface area (Å²) in [4.78, 5) is 12.4. The van der Waals surface area contributed by atoms with E-state index in [0.717, 1.165) is 25.2 Å². The number of carbonyl (C=O) groups is 1. The van der Waals surface area contributed by atoms with Crippen LogP contribution in [0.5, 0.6) is 0 Å².